The Morgan fingerprint density at radius 1 is 1.14 bits per heavy atom. The van der Waals surface area contributed by atoms with E-state index in [-0.39, 0.29) is 0 Å². The minimum Gasteiger partial charge on any atom is -0.330 e. The lowest BCUT2D eigenvalue weighted by molar-refractivity contribution is 0.939. The highest BCUT2D eigenvalue weighted by Gasteiger charge is 2.14. The summed E-state index contributed by atoms with van der Waals surface area (Å²) in [6, 6.07) is 10.6. The number of fused-ring (bicyclic) bond motifs is 1. The van der Waals surface area contributed by atoms with Gasteiger partial charge in [-0.15, -0.1) is 0 Å². The third-order valence-electron chi connectivity index (χ3n) is 3.82. The van der Waals surface area contributed by atoms with Gasteiger partial charge in [-0.1, -0.05) is 12.1 Å². The van der Waals surface area contributed by atoms with Gasteiger partial charge in [0, 0.05) is 22.7 Å². The lowest BCUT2D eigenvalue weighted by atomic mass is 10.0. The van der Waals surface area contributed by atoms with Crippen molar-refractivity contribution in [2.45, 2.75) is 20.3 Å². The summed E-state index contributed by atoms with van der Waals surface area (Å²) in [5, 5.41) is 0. The van der Waals surface area contributed by atoms with E-state index >= 15 is 0 Å². The minimum atomic E-state index is 0.600. The van der Waals surface area contributed by atoms with Crippen molar-refractivity contribution in [1.82, 2.24) is 9.38 Å². The molecule has 3 aromatic rings. The number of pyridine rings is 1. The molecule has 1 aromatic carbocycles. The van der Waals surface area contributed by atoms with Crippen LogP contribution in [0.3, 0.4) is 0 Å². The van der Waals surface area contributed by atoms with Crippen molar-refractivity contribution in [3.8, 4) is 11.3 Å². The van der Waals surface area contributed by atoms with Gasteiger partial charge in [0.05, 0.1) is 11.4 Å². The van der Waals surface area contributed by atoms with Gasteiger partial charge >= 0.3 is 0 Å². The Morgan fingerprint density at radius 2 is 1.95 bits per heavy atom. The highest BCUT2D eigenvalue weighted by molar-refractivity contribution is 9.10. The average Bonchev–Trinajstić information content (AvgIpc) is 2.80. The zero-order chi connectivity index (χ0) is 15.0. The molecule has 2 N–H and O–H groups in total. The summed E-state index contributed by atoms with van der Waals surface area (Å²) in [5.41, 5.74) is 12.7. The van der Waals surface area contributed by atoms with Gasteiger partial charge in [0.2, 0.25) is 0 Å². The van der Waals surface area contributed by atoms with Crippen LogP contribution in [-0.2, 0) is 6.42 Å². The van der Waals surface area contributed by atoms with E-state index in [0.29, 0.717) is 6.54 Å². The molecule has 2 heterocycles. The average molecular weight is 344 g/mol. The molecular weight excluding hydrogens is 326 g/mol. The zero-order valence-electron chi connectivity index (χ0n) is 12.2. The first kappa shape index (κ1) is 14.3. The summed E-state index contributed by atoms with van der Waals surface area (Å²) in [5.74, 6) is 0. The molecule has 0 unspecified atom stereocenters. The predicted molar refractivity (Wildman–Crippen MR) is 90.6 cm³/mol. The van der Waals surface area contributed by atoms with Crippen LogP contribution in [0.1, 0.15) is 16.8 Å². The van der Waals surface area contributed by atoms with Gasteiger partial charge in [-0.05, 0) is 65.6 Å². The molecule has 3 rings (SSSR count). The van der Waals surface area contributed by atoms with Gasteiger partial charge < -0.3 is 5.73 Å². The number of aromatic nitrogens is 2. The molecule has 3 nitrogen and oxygen atoms in total. The number of hydrogen-bond acceptors (Lipinski definition) is 2. The van der Waals surface area contributed by atoms with Gasteiger partial charge in [0.1, 0.15) is 5.65 Å². The Balaban J connectivity index is 2.29. The Labute approximate surface area is 132 Å². The second-order valence-electron chi connectivity index (χ2n) is 5.32. The van der Waals surface area contributed by atoms with E-state index in [4.69, 9.17) is 10.7 Å². The lowest BCUT2D eigenvalue weighted by Crippen LogP contribution is -2.04. The van der Waals surface area contributed by atoms with Gasteiger partial charge in [0.15, 0.2) is 0 Å². The number of hydrogen-bond donors (Lipinski definition) is 1. The fourth-order valence-electron chi connectivity index (χ4n) is 2.57. The van der Waals surface area contributed by atoms with E-state index in [1.165, 1.54) is 16.7 Å². The van der Waals surface area contributed by atoms with E-state index in [9.17, 15) is 0 Å². The quantitative estimate of drug-likeness (QED) is 0.784. The van der Waals surface area contributed by atoms with Gasteiger partial charge in [-0.25, -0.2) is 4.98 Å². The Kier molecular flexibility index (Phi) is 3.83. The number of nitrogens with zero attached hydrogens (tertiary/aromatic N) is 2. The molecular formula is C17H18BrN3. The van der Waals surface area contributed by atoms with E-state index in [2.05, 4.69) is 58.6 Å². The number of aryl methyl sites for hydroxylation is 2. The standard InChI is InChI=1S/C17H18BrN3/c1-11-3-4-13(9-12(11)2)17-15(7-8-19)20-16-6-5-14(18)10-21(16)17/h3-6,9-10H,7-8,19H2,1-2H3. The third kappa shape index (κ3) is 2.61. The van der Waals surface area contributed by atoms with Gasteiger partial charge in [-0.3, -0.25) is 4.40 Å². The molecule has 0 aliphatic heterocycles. The van der Waals surface area contributed by atoms with E-state index in [0.717, 1.165) is 27.9 Å². The molecule has 21 heavy (non-hydrogen) atoms. The fourth-order valence-corrected chi connectivity index (χ4v) is 2.91. The van der Waals surface area contributed by atoms with Crippen LogP contribution in [0.5, 0.6) is 0 Å². The first-order chi connectivity index (χ1) is 10.1. The monoisotopic (exact) mass is 343 g/mol. The number of benzene rings is 1. The maximum absolute atomic E-state index is 5.75. The fraction of sp³-hybridized carbons (Fsp3) is 0.235. The first-order valence-electron chi connectivity index (χ1n) is 7.04. The van der Waals surface area contributed by atoms with Crippen molar-refractivity contribution in [3.05, 3.63) is 57.8 Å². The molecule has 2 aromatic heterocycles. The van der Waals surface area contributed by atoms with E-state index < -0.39 is 0 Å². The predicted octanol–water partition coefficient (Wildman–Crippen LogP) is 3.88. The molecule has 0 aliphatic rings. The van der Waals surface area contributed by atoms with Gasteiger partial charge in [-0.2, -0.15) is 0 Å². The normalized spacial score (nSPS) is 11.2. The number of nitrogens with two attached hydrogens (primary N) is 1. The van der Waals surface area contributed by atoms with Crippen LogP contribution in [-0.4, -0.2) is 15.9 Å². The van der Waals surface area contributed by atoms with Crippen molar-refractivity contribution in [3.63, 3.8) is 0 Å². The molecule has 108 valence electrons. The van der Waals surface area contributed by atoms with Crippen LogP contribution in [0.2, 0.25) is 0 Å². The number of imidazole rings is 1. The summed E-state index contributed by atoms with van der Waals surface area (Å²) in [6.45, 7) is 4.87. The Bertz CT molecular complexity index is 805. The molecule has 0 saturated carbocycles. The van der Waals surface area contributed by atoms with Crippen molar-refractivity contribution < 1.29 is 0 Å². The van der Waals surface area contributed by atoms with E-state index in [1.807, 2.05) is 12.1 Å². The molecule has 0 atom stereocenters. The van der Waals surface area contributed by atoms with Crippen molar-refractivity contribution in [2.75, 3.05) is 6.54 Å². The van der Waals surface area contributed by atoms with E-state index in [1.54, 1.807) is 0 Å². The summed E-state index contributed by atoms with van der Waals surface area (Å²) in [6.07, 6.45) is 2.84. The molecule has 0 fully saturated rings. The van der Waals surface area contributed by atoms with Crippen LogP contribution in [0.25, 0.3) is 16.9 Å². The third-order valence-corrected chi connectivity index (χ3v) is 4.29. The van der Waals surface area contributed by atoms with Crippen LogP contribution in [0.4, 0.5) is 0 Å². The molecule has 0 spiro atoms. The maximum Gasteiger partial charge on any atom is 0.137 e. The molecule has 0 aliphatic carbocycles. The summed E-state index contributed by atoms with van der Waals surface area (Å²) in [4.78, 5) is 4.73. The second-order valence-corrected chi connectivity index (χ2v) is 6.24. The molecule has 0 saturated heterocycles. The zero-order valence-corrected chi connectivity index (χ0v) is 13.8. The van der Waals surface area contributed by atoms with Crippen molar-refractivity contribution >= 4 is 21.6 Å². The second kappa shape index (κ2) is 5.62. The minimum absolute atomic E-state index is 0.600. The topological polar surface area (TPSA) is 43.3 Å². The van der Waals surface area contributed by atoms with Gasteiger partial charge in [0.25, 0.3) is 0 Å². The maximum atomic E-state index is 5.75. The highest BCUT2D eigenvalue weighted by Crippen LogP contribution is 2.28. The molecule has 0 amide bonds. The molecule has 0 radical (unpaired) electrons. The van der Waals surface area contributed by atoms with Crippen LogP contribution in [0.15, 0.2) is 41.0 Å². The highest BCUT2D eigenvalue weighted by atomic mass is 79.9. The lowest BCUT2D eigenvalue weighted by Gasteiger charge is -2.08. The van der Waals surface area contributed by atoms with Crippen LogP contribution in [0, 0.1) is 13.8 Å². The number of rotatable bonds is 3. The first-order valence-corrected chi connectivity index (χ1v) is 7.83. The van der Waals surface area contributed by atoms with Crippen LogP contribution < -0.4 is 5.73 Å². The Morgan fingerprint density at radius 3 is 2.67 bits per heavy atom. The van der Waals surface area contributed by atoms with Crippen molar-refractivity contribution in [2.24, 2.45) is 5.73 Å². The molecule has 0 bridgehead atoms. The Hall–Kier alpha value is -1.65. The largest absolute Gasteiger partial charge is 0.330 e. The van der Waals surface area contributed by atoms with Crippen LogP contribution >= 0.6 is 15.9 Å². The summed E-state index contributed by atoms with van der Waals surface area (Å²) < 4.78 is 3.18. The summed E-state index contributed by atoms with van der Waals surface area (Å²) >= 11 is 3.54. The number of halogens is 1. The smallest absolute Gasteiger partial charge is 0.137 e. The van der Waals surface area contributed by atoms with Crippen molar-refractivity contribution in [1.29, 1.82) is 0 Å². The summed E-state index contributed by atoms with van der Waals surface area (Å²) in [7, 11) is 0. The molecule has 4 heteroatoms. The SMILES string of the molecule is Cc1ccc(-c2c(CCN)nc3ccc(Br)cn23)cc1C.